The van der Waals surface area contributed by atoms with Gasteiger partial charge in [0.1, 0.15) is 23.2 Å². The topological polar surface area (TPSA) is 71.9 Å². The van der Waals surface area contributed by atoms with Crippen LogP contribution >= 0.6 is 15.9 Å². The highest BCUT2D eigenvalue weighted by Gasteiger charge is 2.17. The predicted octanol–water partition coefficient (Wildman–Crippen LogP) is 5.26. The van der Waals surface area contributed by atoms with Crippen LogP contribution in [-0.2, 0) is 0 Å². The van der Waals surface area contributed by atoms with E-state index < -0.39 is 0 Å². The molecule has 1 heterocycles. The molecule has 0 amide bonds. The first kappa shape index (κ1) is 18.0. The van der Waals surface area contributed by atoms with E-state index in [0.29, 0.717) is 16.9 Å². The summed E-state index contributed by atoms with van der Waals surface area (Å²) in [5.41, 5.74) is 12.0. The third-order valence-electron chi connectivity index (χ3n) is 4.41. The lowest BCUT2D eigenvalue weighted by atomic mass is 9.96. The third-order valence-corrected chi connectivity index (χ3v) is 4.91. The monoisotopic (exact) mass is 407 g/mol. The van der Waals surface area contributed by atoms with E-state index in [9.17, 15) is 5.26 Å². The number of nitrogens with zero attached hydrogens (tertiary/aromatic N) is 2. The van der Waals surface area contributed by atoms with E-state index in [1.807, 2.05) is 30.3 Å². The van der Waals surface area contributed by atoms with Gasteiger partial charge in [-0.15, -0.1) is 0 Å². The van der Waals surface area contributed by atoms with Crippen LogP contribution in [0, 0.1) is 25.2 Å². The molecule has 130 valence electrons. The lowest BCUT2D eigenvalue weighted by Crippen LogP contribution is -2.01. The smallest absolute Gasteiger partial charge is 0.142 e. The maximum atomic E-state index is 9.61. The zero-order chi connectivity index (χ0) is 18.8. The van der Waals surface area contributed by atoms with Gasteiger partial charge in [0.25, 0.3) is 0 Å². The SMILES string of the molecule is COc1ccc(Br)cc1-c1cc(-c2ccc(C)c(C)c2)nc(N)c1C#N. The van der Waals surface area contributed by atoms with Crippen LogP contribution in [0.2, 0.25) is 0 Å². The zero-order valence-electron chi connectivity index (χ0n) is 14.8. The minimum Gasteiger partial charge on any atom is -0.496 e. The number of halogens is 1. The van der Waals surface area contributed by atoms with E-state index in [-0.39, 0.29) is 5.82 Å². The number of aromatic nitrogens is 1. The third kappa shape index (κ3) is 3.29. The van der Waals surface area contributed by atoms with Crippen molar-refractivity contribution in [2.75, 3.05) is 12.8 Å². The van der Waals surface area contributed by atoms with Crippen molar-refractivity contribution in [1.82, 2.24) is 4.98 Å². The standard InChI is InChI=1S/C21H18BrN3O/c1-12-4-5-14(8-13(12)2)19-10-16(18(11-23)21(24)25-19)17-9-15(22)6-7-20(17)26-3/h4-10H,1-3H3,(H2,24,25). The lowest BCUT2D eigenvalue weighted by molar-refractivity contribution is 0.416. The summed E-state index contributed by atoms with van der Waals surface area (Å²) in [5.74, 6) is 0.876. The van der Waals surface area contributed by atoms with E-state index in [1.165, 1.54) is 11.1 Å². The summed E-state index contributed by atoms with van der Waals surface area (Å²) in [6.07, 6.45) is 0. The van der Waals surface area contributed by atoms with Crippen molar-refractivity contribution in [1.29, 1.82) is 5.26 Å². The molecule has 0 saturated carbocycles. The number of aryl methyl sites for hydroxylation is 2. The van der Waals surface area contributed by atoms with Crippen LogP contribution in [-0.4, -0.2) is 12.1 Å². The number of methoxy groups -OCH3 is 1. The Kier molecular flexibility index (Phi) is 4.97. The molecule has 3 aromatic rings. The molecule has 3 rings (SSSR count). The van der Waals surface area contributed by atoms with Gasteiger partial charge in [-0.05, 0) is 55.3 Å². The second-order valence-electron chi connectivity index (χ2n) is 6.07. The molecule has 0 aliphatic rings. The summed E-state index contributed by atoms with van der Waals surface area (Å²) in [7, 11) is 1.60. The largest absolute Gasteiger partial charge is 0.496 e. The number of benzene rings is 2. The summed E-state index contributed by atoms with van der Waals surface area (Å²) in [6.45, 7) is 4.13. The lowest BCUT2D eigenvalue weighted by Gasteiger charge is -2.14. The highest BCUT2D eigenvalue weighted by Crippen LogP contribution is 2.38. The van der Waals surface area contributed by atoms with Crippen LogP contribution in [0.5, 0.6) is 5.75 Å². The minimum atomic E-state index is 0.209. The van der Waals surface area contributed by atoms with Crippen LogP contribution in [0.3, 0.4) is 0 Å². The second-order valence-corrected chi connectivity index (χ2v) is 6.99. The molecule has 2 N–H and O–H groups in total. The minimum absolute atomic E-state index is 0.209. The molecule has 2 aromatic carbocycles. The molecule has 0 aliphatic carbocycles. The molecule has 0 unspecified atom stereocenters. The maximum Gasteiger partial charge on any atom is 0.142 e. The van der Waals surface area contributed by atoms with E-state index >= 15 is 0 Å². The molecular formula is C21H18BrN3O. The van der Waals surface area contributed by atoms with Gasteiger partial charge in [0.2, 0.25) is 0 Å². The van der Waals surface area contributed by atoms with Crippen molar-refractivity contribution in [3.63, 3.8) is 0 Å². The Morgan fingerprint density at radius 2 is 1.81 bits per heavy atom. The number of nitrogens with two attached hydrogens (primary N) is 1. The van der Waals surface area contributed by atoms with E-state index in [1.54, 1.807) is 7.11 Å². The summed E-state index contributed by atoms with van der Waals surface area (Å²) >= 11 is 3.48. The predicted molar refractivity (Wildman–Crippen MR) is 108 cm³/mol. The van der Waals surface area contributed by atoms with Gasteiger partial charge >= 0.3 is 0 Å². The van der Waals surface area contributed by atoms with Gasteiger partial charge in [0.05, 0.1) is 12.8 Å². The Balaban J connectivity index is 2.29. The molecule has 0 atom stereocenters. The van der Waals surface area contributed by atoms with Crippen molar-refractivity contribution in [3.05, 3.63) is 63.6 Å². The molecule has 0 fully saturated rings. The fraction of sp³-hybridized carbons (Fsp3) is 0.143. The number of hydrogen-bond donors (Lipinski definition) is 1. The van der Waals surface area contributed by atoms with E-state index in [0.717, 1.165) is 21.3 Å². The Hall–Kier alpha value is -2.84. The van der Waals surface area contributed by atoms with Gasteiger partial charge in [0.15, 0.2) is 0 Å². The summed E-state index contributed by atoms with van der Waals surface area (Å²) in [5, 5.41) is 9.61. The summed E-state index contributed by atoms with van der Waals surface area (Å²) in [4.78, 5) is 4.45. The normalized spacial score (nSPS) is 10.4. The van der Waals surface area contributed by atoms with Crippen molar-refractivity contribution in [2.24, 2.45) is 0 Å². The quantitative estimate of drug-likeness (QED) is 0.642. The van der Waals surface area contributed by atoms with E-state index in [4.69, 9.17) is 10.5 Å². The Morgan fingerprint density at radius 1 is 1.04 bits per heavy atom. The molecule has 0 bridgehead atoms. The Labute approximate surface area is 161 Å². The first-order valence-corrected chi connectivity index (χ1v) is 8.86. The van der Waals surface area contributed by atoms with Crippen LogP contribution in [0.15, 0.2) is 46.9 Å². The molecule has 26 heavy (non-hydrogen) atoms. The van der Waals surface area contributed by atoms with Crippen LogP contribution in [0.25, 0.3) is 22.4 Å². The van der Waals surface area contributed by atoms with Crippen LogP contribution < -0.4 is 10.5 Å². The first-order chi connectivity index (χ1) is 12.4. The maximum absolute atomic E-state index is 9.61. The molecule has 0 radical (unpaired) electrons. The van der Waals surface area contributed by atoms with Crippen molar-refractivity contribution in [3.8, 4) is 34.2 Å². The molecule has 0 spiro atoms. The first-order valence-electron chi connectivity index (χ1n) is 8.06. The number of ether oxygens (including phenoxy) is 1. The summed E-state index contributed by atoms with van der Waals surface area (Å²) < 4.78 is 6.37. The molecule has 4 nitrogen and oxygen atoms in total. The molecular weight excluding hydrogens is 390 g/mol. The average molecular weight is 408 g/mol. The second kappa shape index (κ2) is 7.19. The van der Waals surface area contributed by atoms with Gasteiger partial charge in [-0.25, -0.2) is 4.98 Å². The van der Waals surface area contributed by atoms with Crippen molar-refractivity contribution < 1.29 is 4.74 Å². The number of nitrogen functional groups attached to an aromatic ring is 1. The number of pyridine rings is 1. The van der Waals surface area contributed by atoms with Gasteiger partial charge in [0, 0.05) is 21.2 Å². The molecule has 1 aromatic heterocycles. The Morgan fingerprint density at radius 3 is 2.46 bits per heavy atom. The zero-order valence-corrected chi connectivity index (χ0v) is 16.4. The van der Waals surface area contributed by atoms with Crippen molar-refractivity contribution in [2.45, 2.75) is 13.8 Å². The number of anilines is 1. The molecule has 5 heteroatoms. The highest BCUT2D eigenvalue weighted by atomic mass is 79.9. The van der Waals surface area contributed by atoms with Gasteiger partial charge in [-0.2, -0.15) is 5.26 Å². The number of nitriles is 1. The average Bonchev–Trinajstić information content (AvgIpc) is 2.63. The number of hydrogen-bond acceptors (Lipinski definition) is 4. The fourth-order valence-electron chi connectivity index (χ4n) is 2.83. The van der Waals surface area contributed by atoms with Crippen LogP contribution in [0.4, 0.5) is 5.82 Å². The molecule has 0 aliphatic heterocycles. The number of rotatable bonds is 3. The Bertz CT molecular complexity index is 1040. The summed E-state index contributed by atoms with van der Waals surface area (Å²) in [6, 6.07) is 15.9. The van der Waals surface area contributed by atoms with Gasteiger partial charge in [-0.1, -0.05) is 28.1 Å². The van der Waals surface area contributed by atoms with E-state index in [2.05, 4.69) is 53.0 Å². The van der Waals surface area contributed by atoms with Crippen molar-refractivity contribution >= 4 is 21.7 Å². The fourth-order valence-corrected chi connectivity index (χ4v) is 3.20. The highest BCUT2D eigenvalue weighted by molar-refractivity contribution is 9.10. The van der Waals surface area contributed by atoms with Crippen LogP contribution in [0.1, 0.15) is 16.7 Å². The van der Waals surface area contributed by atoms with Gasteiger partial charge in [-0.3, -0.25) is 0 Å². The molecule has 0 saturated heterocycles. The van der Waals surface area contributed by atoms with Gasteiger partial charge < -0.3 is 10.5 Å².